The van der Waals surface area contributed by atoms with Crippen molar-refractivity contribution < 1.29 is 9.53 Å². The normalized spacial score (nSPS) is 13.3. The van der Waals surface area contributed by atoms with E-state index >= 15 is 0 Å². The quantitative estimate of drug-likeness (QED) is 0.745. The highest BCUT2D eigenvalue weighted by Gasteiger charge is 2.16. The lowest BCUT2D eigenvalue weighted by Crippen LogP contribution is -2.11. The molecule has 122 valence electrons. The van der Waals surface area contributed by atoms with Gasteiger partial charge in [-0.15, -0.1) is 11.3 Å². The summed E-state index contributed by atoms with van der Waals surface area (Å²) in [4.78, 5) is 22.3. The van der Waals surface area contributed by atoms with E-state index in [9.17, 15) is 4.79 Å². The fourth-order valence-electron chi connectivity index (χ4n) is 2.61. The van der Waals surface area contributed by atoms with Crippen molar-refractivity contribution in [2.45, 2.75) is 25.7 Å². The molecule has 24 heavy (non-hydrogen) atoms. The Bertz CT molecular complexity index is 818. The minimum Gasteiger partial charge on any atom is -0.431 e. The highest BCUT2D eigenvalue weighted by molar-refractivity contribution is 7.15. The molecule has 4 rings (SSSR count). The highest BCUT2D eigenvalue weighted by atomic mass is 32.1. The van der Waals surface area contributed by atoms with E-state index in [1.807, 2.05) is 5.38 Å². The molecule has 2 heterocycles. The van der Waals surface area contributed by atoms with Gasteiger partial charge in [-0.25, -0.2) is 9.97 Å². The number of carbonyl (C=O) groups excluding carboxylic acids is 1. The number of carbonyl (C=O) groups is 1. The van der Waals surface area contributed by atoms with Crippen molar-refractivity contribution in [3.63, 3.8) is 0 Å². The molecule has 1 aliphatic rings. The molecule has 0 unspecified atom stereocenters. The van der Waals surface area contributed by atoms with E-state index in [0.29, 0.717) is 21.6 Å². The first-order valence-electron chi connectivity index (χ1n) is 7.75. The Balaban J connectivity index is 1.43. The van der Waals surface area contributed by atoms with Crippen LogP contribution in [0.4, 0.5) is 5.13 Å². The van der Waals surface area contributed by atoms with Crippen molar-refractivity contribution in [1.29, 1.82) is 0 Å². The van der Waals surface area contributed by atoms with Crippen molar-refractivity contribution in [2.24, 2.45) is 0 Å². The van der Waals surface area contributed by atoms with Crippen molar-refractivity contribution in [1.82, 2.24) is 9.97 Å². The number of aromatic nitrogens is 2. The van der Waals surface area contributed by atoms with Crippen LogP contribution in [-0.2, 0) is 12.8 Å². The van der Waals surface area contributed by atoms with Crippen LogP contribution in [0.5, 0.6) is 10.9 Å². The van der Waals surface area contributed by atoms with Crippen LogP contribution in [0.2, 0.25) is 0 Å². The molecule has 0 fully saturated rings. The minimum absolute atomic E-state index is 0.151. The van der Waals surface area contributed by atoms with Gasteiger partial charge in [0.25, 0.3) is 11.1 Å². The Morgan fingerprint density at radius 3 is 2.75 bits per heavy atom. The summed E-state index contributed by atoms with van der Waals surface area (Å²) in [6.45, 7) is 0. The Morgan fingerprint density at radius 1 is 1.17 bits per heavy atom. The highest BCUT2D eigenvalue weighted by Crippen LogP contribution is 2.30. The van der Waals surface area contributed by atoms with Crippen LogP contribution in [0.25, 0.3) is 0 Å². The largest absolute Gasteiger partial charge is 0.431 e. The molecule has 0 saturated heterocycles. The number of hydrogen-bond acceptors (Lipinski definition) is 6. The van der Waals surface area contributed by atoms with Gasteiger partial charge in [-0.05, 0) is 49.9 Å². The molecule has 1 N–H and O–H groups in total. The summed E-state index contributed by atoms with van der Waals surface area (Å²) in [5.41, 5.74) is 1.73. The molecule has 0 saturated carbocycles. The van der Waals surface area contributed by atoms with Gasteiger partial charge in [-0.3, -0.25) is 10.1 Å². The Kier molecular flexibility index (Phi) is 4.27. The summed E-state index contributed by atoms with van der Waals surface area (Å²) in [5, 5.41) is 6.02. The number of nitrogens with one attached hydrogen (secondary N) is 1. The number of fused-ring (bicyclic) bond motifs is 1. The van der Waals surface area contributed by atoms with Crippen LogP contribution in [0.3, 0.4) is 0 Å². The molecule has 0 radical (unpaired) electrons. The Hall–Kier alpha value is -2.25. The van der Waals surface area contributed by atoms with Gasteiger partial charge in [0.2, 0.25) is 0 Å². The summed E-state index contributed by atoms with van der Waals surface area (Å²) in [6, 6.07) is 7.02. The van der Waals surface area contributed by atoms with Crippen LogP contribution in [0, 0.1) is 0 Å². The van der Waals surface area contributed by atoms with Gasteiger partial charge >= 0.3 is 0 Å². The Morgan fingerprint density at radius 2 is 2.00 bits per heavy atom. The zero-order valence-corrected chi connectivity index (χ0v) is 14.5. The minimum atomic E-state index is -0.151. The summed E-state index contributed by atoms with van der Waals surface area (Å²) in [6.07, 6.45) is 6.18. The summed E-state index contributed by atoms with van der Waals surface area (Å²) >= 11 is 3.01. The van der Waals surface area contributed by atoms with Crippen LogP contribution < -0.4 is 10.1 Å². The second-order valence-electron chi connectivity index (χ2n) is 5.47. The lowest BCUT2D eigenvalue weighted by Gasteiger charge is -2.06. The van der Waals surface area contributed by atoms with Crippen molar-refractivity contribution in [2.75, 3.05) is 5.32 Å². The molecule has 0 atom stereocenters. The third-order valence-corrected chi connectivity index (χ3v) is 5.52. The van der Waals surface area contributed by atoms with Gasteiger partial charge in [-0.2, -0.15) is 0 Å². The average molecular weight is 357 g/mol. The lowest BCUT2D eigenvalue weighted by atomic mass is 10.0. The van der Waals surface area contributed by atoms with E-state index in [1.165, 1.54) is 29.1 Å². The zero-order valence-electron chi connectivity index (χ0n) is 12.8. The maximum Gasteiger partial charge on any atom is 0.278 e. The summed E-state index contributed by atoms with van der Waals surface area (Å²) in [7, 11) is 0. The molecule has 2 aromatic heterocycles. The summed E-state index contributed by atoms with van der Waals surface area (Å²) < 4.78 is 5.59. The molecular weight excluding hydrogens is 342 g/mol. The number of nitrogens with zero attached hydrogens (tertiary/aromatic N) is 2. The fraction of sp³-hybridized carbons (Fsp3) is 0.235. The monoisotopic (exact) mass is 357 g/mol. The topological polar surface area (TPSA) is 64.1 Å². The molecule has 0 spiro atoms. The Labute approximate surface area is 147 Å². The average Bonchev–Trinajstić information content (AvgIpc) is 3.24. The number of amides is 1. The number of ether oxygens (including phenoxy) is 1. The van der Waals surface area contributed by atoms with Gasteiger partial charge < -0.3 is 4.74 Å². The van der Waals surface area contributed by atoms with Gasteiger partial charge in [0, 0.05) is 22.0 Å². The van der Waals surface area contributed by atoms with E-state index in [0.717, 1.165) is 18.5 Å². The zero-order chi connectivity index (χ0) is 16.4. The molecule has 1 aromatic carbocycles. The predicted molar refractivity (Wildman–Crippen MR) is 95.3 cm³/mol. The van der Waals surface area contributed by atoms with Gasteiger partial charge in [-0.1, -0.05) is 11.3 Å². The number of rotatable bonds is 4. The van der Waals surface area contributed by atoms with E-state index in [4.69, 9.17) is 4.74 Å². The van der Waals surface area contributed by atoms with Crippen LogP contribution >= 0.6 is 22.7 Å². The predicted octanol–water partition coefficient (Wildman–Crippen LogP) is 4.52. The fourth-order valence-corrected chi connectivity index (χ4v) is 4.16. The van der Waals surface area contributed by atoms with Gasteiger partial charge in [0.15, 0.2) is 5.13 Å². The van der Waals surface area contributed by atoms with Crippen LogP contribution in [-0.4, -0.2) is 15.9 Å². The maximum atomic E-state index is 12.4. The smallest absolute Gasteiger partial charge is 0.278 e. The molecule has 5 nitrogen and oxygen atoms in total. The standard InChI is InChI=1S/C17H15N3O2S2/c21-15(20-16-19-13-3-1-2-4-14(13)24-16)11-5-7-12(8-6-11)22-17-18-9-10-23-17/h5-10H,1-4H2,(H,19,20,21). The van der Waals surface area contributed by atoms with E-state index in [-0.39, 0.29) is 5.91 Å². The number of aryl methyl sites for hydroxylation is 2. The van der Waals surface area contributed by atoms with Gasteiger partial charge in [0.05, 0.1) is 5.69 Å². The van der Waals surface area contributed by atoms with Crippen LogP contribution in [0.1, 0.15) is 33.8 Å². The van der Waals surface area contributed by atoms with Crippen LogP contribution in [0.15, 0.2) is 35.8 Å². The second kappa shape index (κ2) is 6.70. The first-order valence-corrected chi connectivity index (χ1v) is 9.45. The molecule has 1 amide bonds. The third kappa shape index (κ3) is 3.32. The number of anilines is 1. The number of benzene rings is 1. The van der Waals surface area contributed by atoms with Crippen molar-refractivity contribution in [3.8, 4) is 10.9 Å². The summed E-state index contributed by atoms with van der Waals surface area (Å²) in [5.74, 6) is 0.508. The molecule has 3 aromatic rings. The van der Waals surface area contributed by atoms with E-state index in [2.05, 4.69) is 15.3 Å². The SMILES string of the molecule is O=C(Nc1nc2c(s1)CCCC2)c1ccc(Oc2nccs2)cc1. The number of thiazole rings is 2. The lowest BCUT2D eigenvalue weighted by molar-refractivity contribution is 0.102. The van der Waals surface area contributed by atoms with Gasteiger partial charge in [0.1, 0.15) is 5.75 Å². The molecule has 0 aliphatic heterocycles. The number of hydrogen-bond donors (Lipinski definition) is 1. The molecule has 7 heteroatoms. The molecule has 1 aliphatic carbocycles. The van der Waals surface area contributed by atoms with Crippen molar-refractivity contribution >= 4 is 33.7 Å². The third-order valence-electron chi connectivity index (χ3n) is 3.80. The first-order chi connectivity index (χ1) is 11.8. The van der Waals surface area contributed by atoms with E-state index in [1.54, 1.807) is 41.8 Å². The van der Waals surface area contributed by atoms with Crippen molar-refractivity contribution in [3.05, 3.63) is 52.0 Å². The maximum absolute atomic E-state index is 12.4. The molecular formula is C17H15N3O2S2. The second-order valence-corrected chi connectivity index (χ2v) is 7.42. The van der Waals surface area contributed by atoms with E-state index < -0.39 is 0 Å². The molecule has 0 bridgehead atoms. The first kappa shape index (κ1) is 15.3.